The fourth-order valence-corrected chi connectivity index (χ4v) is 6.49. The molecule has 0 amide bonds. The summed E-state index contributed by atoms with van der Waals surface area (Å²) in [7, 11) is 3.77. The second-order valence-corrected chi connectivity index (χ2v) is 10.3. The molecule has 2 aliphatic rings. The highest BCUT2D eigenvalue weighted by Gasteiger charge is 2.16. The van der Waals surface area contributed by atoms with Crippen LogP contribution in [-0.2, 0) is 0 Å². The Kier molecular flexibility index (Phi) is 6.67. The maximum atomic E-state index is 2.37. The lowest BCUT2D eigenvalue weighted by atomic mass is 9.84. The Morgan fingerprint density at radius 2 is 0.808 bits per heavy atom. The molecule has 0 N–H and O–H groups in total. The van der Waals surface area contributed by atoms with Crippen LogP contribution in [0.4, 0.5) is 0 Å². The van der Waals surface area contributed by atoms with Crippen LogP contribution in [0, 0.1) is 0 Å². The van der Waals surface area contributed by atoms with Gasteiger partial charge in [-0.25, -0.2) is 0 Å². The minimum Gasteiger partial charge on any atom is -0.0576 e. The van der Waals surface area contributed by atoms with Crippen LogP contribution in [0.3, 0.4) is 0 Å². The van der Waals surface area contributed by atoms with E-state index in [9.17, 15) is 0 Å². The highest BCUT2D eigenvalue weighted by molar-refractivity contribution is 8.76. The standard InChI is InChI=1S/C24H30S2/c1-3-7-19(8-4-1)21-11-15-23(16-12-21)25-26-24-17-13-22(14-18-24)20-9-5-2-6-10-20/h11-20H,1-10H2. The van der Waals surface area contributed by atoms with Gasteiger partial charge in [-0.15, -0.1) is 0 Å². The summed E-state index contributed by atoms with van der Waals surface area (Å²) in [6.07, 6.45) is 14.0. The average Bonchev–Trinajstić information content (AvgIpc) is 2.74. The van der Waals surface area contributed by atoms with E-state index in [0.717, 1.165) is 11.8 Å². The molecule has 138 valence electrons. The second kappa shape index (κ2) is 9.37. The third kappa shape index (κ3) is 4.89. The van der Waals surface area contributed by atoms with Crippen molar-refractivity contribution in [1.82, 2.24) is 0 Å². The summed E-state index contributed by atoms with van der Waals surface area (Å²) < 4.78 is 0. The minimum atomic E-state index is 0.808. The first-order valence-corrected chi connectivity index (χ1v) is 12.6. The van der Waals surface area contributed by atoms with Crippen LogP contribution in [0.25, 0.3) is 0 Å². The number of hydrogen-bond donors (Lipinski definition) is 0. The van der Waals surface area contributed by atoms with Gasteiger partial charge >= 0.3 is 0 Å². The van der Waals surface area contributed by atoms with Crippen molar-refractivity contribution in [2.75, 3.05) is 0 Å². The zero-order chi connectivity index (χ0) is 17.6. The average molecular weight is 383 g/mol. The summed E-state index contributed by atoms with van der Waals surface area (Å²) in [6, 6.07) is 18.7. The van der Waals surface area contributed by atoms with Crippen molar-refractivity contribution in [3.05, 3.63) is 59.7 Å². The second-order valence-electron chi connectivity index (χ2n) is 7.97. The molecule has 4 rings (SSSR count). The molecule has 2 aliphatic carbocycles. The lowest BCUT2D eigenvalue weighted by molar-refractivity contribution is 0.443. The van der Waals surface area contributed by atoms with Crippen LogP contribution >= 0.6 is 21.6 Å². The van der Waals surface area contributed by atoms with E-state index in [4.69, 9.17) is 0 Å². The molecule has 0 heterocycles. The molecule has 0 spiro atoms. The first-order valence-electron chi connectivity index (χ1n) is 10.4. The largest absolute Gasteiger partial charge is 0.0576 e. The first-order chi connectivity index (χ1) is 12.9. The molecule has 0 saturated heterocycles. The number of benzene rings is 2. The smallest absolute Gasteiger partial charge is 0.0186 e. The van der Waals surface area contributed by atoms with Gasteiger partial charge in [0.2, 0.25) is 0 Å². The lowest BCUT2D eigenvalue weighted by Crippen LogP contribution is -2.04. The Balaban J connectivity index is 1.30. The predicted octanol–water partition coefficient (Wildman–Crippen LogP) is 8.58. The summed E-state index contributed by atoms with van der Waals surface area (Å²) in [5, 5.41) is 0. The molecule has 2 aromatic carbocycles. The van der Waals surface area contributed by atoms with Crippen LogP contribution in [0.15, 0.2) is 58.3 Å². The van der Waals surface area contributed by atoms with Gasteiger partial charge in [-0.1, -0.05) is 84.4 Å². The lowest BCUT2D eigenvalue weighted by Gasteiger charge is -2.22. The van der Waals surface area contributed by atoms with Gasteiger partial charge in [-0.2, -0.15) is 0 Å². The van der Waals surface area contributed by atoms with E-state index in [1.807, 2.05) is 21.6 Å². The molecule has 0 radical (unpaired) electrons. The summed E-state index contributed by atoms with van der Waals surface area (Å²) in [5.74, 6) is 1.62. The van der Waals surface area contributed by atoms with Gasteiger partial charge in [-0.05, 0) is 72.9 Å². The molecular weight excluding hydrogens is 352 g/mol. The van der Waals surface area contributed by atoms with E-state index in [1.165, 1.54) is 74.0 Å². The van der Waals surface area contributed by atoms with Crippen LogP contribution < -0.4 is 0 Å². The van der Waals surface area contributed by atoms with Crippen LogP contribution in [-0.4, -0.2) is 0 Å². The van der Waals surface area contributed by atoms with E-state index in [0.29, 0.717) is 0 Å². The Bertz CT molecular complexity index is 601. The van der Waals surface area contributed by atoms with Crippen molar-refractivity contribution in [2.45, 2.75) is 85.8 Å². The molecule has 2 aromatic rings. The number of rotatable bonds is 5. The van der Waals surface area contributed by atoms with Crippen molar-refractivity contribution < 1.29 is 0 Å². The number of hydrogen-bond acceptors (Lipinski definition) is 2. The van der Waals surface area contributed by atoms with Gasteiger partial charge in [0.1, 0.15) is 0 Å². The van der Waals surface area contributed by atoms with E-state index in [1.54, 1.807) is 11.1 Å². The normalized spacial score (nSPS) is 19.5. The van der Waals surface area contributed by atoms with Crippen LogP contribution in [0.5, 0.6) is 0 Å². The van der Waals surface area contributed by atoms with Crippen molar-refractivity contribution in [3.8, 4) is 0 Å². The Morgan fingerprint density at radius 1 is 0.462 bits per heavy atom. The van der Waals surface area contributed by atoms with Crippen molar-refractivity contribution in [3.63, 3.8) is 0 Å². The molecule has 0 atom stereocenters. The molecule has 2 heteroatoms. The zero-order valence-electron chi connectivity index (χ0n) is 15.7. The van der Waals surface area contributed by atoms with Gasteiger partial charge in [0, 0.05) is 9.79 Å². The summed E-state index contributed by atoms with van der Waals surface area (Å²) in [5.41, 5.74) is 3.10. The minimum absolute atomic E-state index is 0.808. The molecule has 0 bridgehead atoms. The monoisotopic (exact) mass is 382 g/mol. The molecule has 0 nitrogen and oxygen atoms in total. The highest BCUT2D eigenvalue weighted by atomic mass is 33.1. The zero-order valence-corrected chi connectivity index (χ0v) is 17.3. The Labute approximate surface area is 167 Å². The van der Waals surface area contributed by atoms with Crippen molar-refractivity contribution >= 4 is 21.6 Å². The van der Waals surface area contributed by atoms with E-state index in [2.05, 4.69) is 48.5 Å². The van der Waals surface area contributed by atoms with Gasteiger partial charge in [0.15, 0.2) is 0 Å². The molecule has 2 saturated carbocycles. The van der Waals surface area contributed by atoms with E-state index in [-0.39, 0.29) is 0 Å². The summed E-state index contributed by atoms with van der Waals surface area (Å²) in [4.78, 5) is 2.73. The summed E-state index contributed by atoms with van der Waals surface area (Å²) >= 11 is 0. The fourth-order valence-electron chi connectivity index (χ4n) is 4.56. The Hall–Kier alpha value is -0.860. The summed E-state index contributed by atoms with van der Waals surface area (Å²) in [6.45, 7) is 0. The van der Waals surface area contributed by atoms with Gasteiger partial charge in [0.05, 0.1) is 0 Å². The van der Waals surface area contributed by atoms with E-state index >= 15 is 0 Å². The molecule has 2 fully saturated rings. The molecular formula is C24H30S2. The maximum absolute atomic E-state index is 2.37. The van der Waals surface area contributed by atoms with Crippen molar-refractivity contribution in [2.24, 2.45) is 0 Å². The maximum Gasteiger partial charge on any atom is 0.0186 e. The topological polar surface area (TPSA) is 0 Å². The fraction of sp³-hybridized carbons (Fsp3) is 0.500. The van der Waals surface area contributed by atoms with Gasteiger partial charge in [0.25, 0.3) is 0 Å². The third-order valence-electron chi connectivity index (χ3n) is 6.15. The molecule has 0 aromatic heterocycles. The third-order valence-corrected chi connectivity index (χ3v) is 8.56. The first kappa shape index (κ1) is 18.5. The highest BCUT2D eigenvalue weighted by Crippen LogP contribution is 2.40. The quantitative estimate of drug-likeness (QED) is 0.475. The van der Waals surface area contributed by atoms with Gasteiger partial charge in [-0.3, -0.25) is 0 Å². The van der Waals surface area contributed by atoms with Crippen molar-refractivity contribution in [1.29, 1.82) is 0 Å². The van der Waals surface area contributed by atoms with E-state index < -0.39 is 0 Å². The Morgan fingerprint density at radius 3 is 1.15 bits per heavy atom. The molecule has 0 aliphatic heterocycles. The SMILES string of the molecule is c1cc(C2CCCCC2)ccc1SSc1ccc(C2CCCCC2)cc1. The molecule has 26 heavy (non-hydrogen) atoms. The van der Waals surface area contributed by atoms with Gasteiger partial charge < -0.3 is 0 Å². The molecule has 0 unspecified atom stereocenters. The van der Waals surface area contributed by atoms with Crippen LogP contribution in [0.1, 0.15) is 87.2 Å². The predicted molar refractivity (Wildman–Crippen MR) is 116 cm³/mol. The van der Waals surface area contributed by atoms with Crippen LogP contribution in [0.2, 0.25) is 0 Å².